The van der Waals surface area contributed by atoms with Crippen LogP contribution in [0.3, 0.4) is 0 Å². The largest absolute Gasteiger partial charge is 0.647 e. The van der Waals surface area contributed by atoms with Crippen molar-refractivity contribution in [2.45, 2.75) is 25.8 Å². The number of phosphoric ester groups is 1. The molecule has 3 N–H and O–H groups in total. The number of nitrogens with two attached hydrogens (primary N) is 1. The van der Waals surface area contributed by atoms with Gasteiger partial charge in [0.2, 0.25) is 0 Å². The minimum atomic E-state index is -4.03. The van der Waals surface area contributed by atoms with Crippen LogP contribution in [-0.4, -0.2) is 42.6 Å². The van der Waals surface area contributed by atoms with Crippen LogP contribution in [0.2, 0.25) is 0 Å². The lowest BCUT2D eigenvalue weighted by Crippen LogP contribution is -2.30. The van der Waals surface area contributed by atoms with E-state index in [1.54, 1.807) is 40.6 Å². The van der Waals surface area contributed by atoms with Gasteiger partial charge in [0.15, 0.2) is 11.5 Å². The van der Waals surface area contributed by atoms with Gasteiger partial charge in [-0.25, -0.2) is 15.0 Å². The topological polar surface area (TPSA) is 163 Å². The van der Waals surface area contributed by atoms with Crippen LogP contribution >= 0.6 is 7.82 Å². The number of aromatic nitrogens is 4. The summed E-state index contributed by atoms with van der Waals surface area (Å²) in [5, 5.41) is 2.68. The van der Waals surface area contributed by atoms with Crippen LogP contribution in [0.25, 0.3) is 16.8 Å². The summed E-state index contributed by atoms with van der Waals surface area (Å²) in [5.74, 6) is 5.52. The Labute approximate surface area is 226 Å². The van der Waals surface area contributed by atoms with Gasteiger partial charge < -0.3 is 29.5 Å². The number of rotatable bonds is 4. The molecule has 2 atom stereocenters. The van der Waals surface area contributed by atoms with Crippen LogP contribution in [0.1, 0.15) is 42.0 Å². The third-order valence-corrected chi connectivity index (χ3v) is 8.09. The van der Waals surface area contributed by atoms with Crippen LogP contribution in [-0.2, 0) is 9.36 Å². The summed E-state index contributed by atoms with van der Waals surface area (Å²) < 4.78 is 31.7. The molecule has 13 nitrogen and oxygen atoms in total. The Morgan fingerprint density at radius 3 is 2.83 bits per heavy atom. The average molecular weight is 557 g/mol. The molecular formula is C26H20N7O6P. The minimum absolute atomic E-state index is 0.0456. The van der Waals surface area contributed by atoms with Gasteiger partial charge in [-0.1, -0.05) is 12.0 Å². The monoisotopic (exact) mass is 557 g/mol. The number of imidazole rings is 1. The number of likely N-dealkylation sites (tertiary alicyclic amines) is 1. The lowest BCUT2D eigenvalue weighted by Gasteiger charge is -2.21. The van der Waals surface area contributed by atoms with E-state index in [0.29, 0.717) is 41.4 Å². The van der Waals surface area contributed by atoms with E-state index >= 15 is 0 Å². The Bertz CT molecular complexity index is 1860. The Morgan fingerprint density at radius 2 is 2.02 bits per heavy atom. The van der Waals surface area contributed by atoms with E-state index in [0.717, 1.165) is 6.42 Å². The van der Waals surface area contributed by atoms with Crippen LogP contribution < -0.4 is 24.6 Å². The third kappa shape index (κ3) is 3.57. The molecule has 3 aromatic heterocycles. The molecule has 1 fully saturated rings. The number of fused-ring (bicyclic) bond motifs is 3. The van der Waals surface area contributed by atoms with E-state index in [-0.39, 0.29) is 40.6 Å². The fourth-order valence-electron chi connectivity index (χ4n) is 5.23. The Hall–Kier alpha value is -5.08. The number of amides is 2. The molecule has 0 radical (unpaired) electrons. The summed E-state index contributed by atoms with van der Waals surface area (Å²) in [6.45, 7) is 2.15. The molecule has 1 saturated heterocycles. The number of phosphoric acid groups is 1. The highest BCUT2D eigenvalue weighted by atomic mass is 31.2. The maximum atomic E-state index is 13.2. The van der Waals surface area contributed by atoms with E-state index < -0.39 is 13.7 Å². The smallest absolute Gasteiger partial charge is 0.385 e. The van der Waals surface area contributed by atoms with Gasteiger partial charge in [0.1, 0.15) is 34.4 Å². The maximum Gasteiger partial charge on any atom is 0.647 e. The summed E-state index contributed by atoms with van der Waals surface area (Å²) in [4.78, 5) is 40.8. The molecule has 0 saturated carbocycles. The first-order chi connectivity index (χ1) is 19.4. The number of anilines is 2. The average Bonchev–Trinajstić information content (AvgIpc) is 3.61. The molecule has 0 aliphatic carbocycles. The highest BCUT2D eigenvalue weighted by molar-refractivity contribution is 7.50. The number of benzene rings is 1. The molecule has 4 aromatic rings. The number of hydrogen-bond acceptors (Lipinski definition) is 10. The number of pyridine rings is 1. The van der Waals surface area contributed by atoms with Gasteiger partial charge in [-0.15, -0.1) is 0 Å². The van der Waals surface area contributed by atoms with Crippen molar-refractivity contribution < 1.29 is 27.7 Å². The first-order valence-corrected chi connectivity index (χ1v) is 13.8. The summed E-state index contributed by atoms with van der Waals surface area (Å²) in [7, 11) is -4.03. The first-order valence-electron chi connectivity index (χ1n) is 12.4. The molecule has 2 amide bonds. The van der Waals surface area contributed by atoms with Crippen LogP contribution in [0, 0.1) is 11.8 Å². The van der Waals surface area contributed by atoms with Crippen LogP contribution in [0.5, 0.6) is 17.2 Å². The van der Waals surface area contributed by atoms with Gasteiger partial charge in [-0.3, -0.25) is 14.0 Å². The molecular weight excluding hydrogens is 537 g/mol. The second-order valence-corrected chi connectivity index (χ2v) is 10.7. The predicted octanol–water partition coefficient (Wildman–Crippen LogP) is 3.58. The van der Waals surface area contributed by atoms with Crippen molar-refractivity contribution in [2.75, 3.05) is 17.6 Å². The highest BCUT2D eigenvalue weighted by Crippen LogP contribution is 2.69. The second-order valence-electron chi connectivity index (χ2n) is 9.23. The summed E-state index contributed by atoms with van der Waals surface area (Å²) in [6.07, 6.45) is 6.22. The molecule has 0 spiro atoms. The number of carbonyl (C=O) groups excluding carboxylic acids is 2. The molecule has 200 valence electrons. The molecule has 3 bridgehead atoms. The van der Waals surface area contributed by atoms with E-state index in [9.17, 15) is 14.2 Å². The second kappa shape index (κ2) is 8.72. The molecule has 1 unspecified atom stereocenters. The summed E-state index contributed by atoms with van der Waals surface area (Å²) in [6, 6.07) is 6.13. The first kappa shape index (κ1) is 24.0. The molecule has 40 heavy (non-hydrogen) atoms. The molecule has 1 aromatic carbocycles. The van der Waals surface area contributed by atoms with E-state index in [4.69, 9.17) is 24.3 Å². The van der Waals surface area contributed by atoms with Crippen molar-refractivity contribution in [3.63, 3.8) is 0 Å². The van der Waals surface area contributed by atoms with Gasteiger partial charge >= 0.3 is 7.82 Å². The van der Waals surface area contributed by atoms with Crippen molar-refractivity contribution in [2.24, 2.45) is 0 Å². The fraction of sp³-hybridized carbons (Fsp3) is 0.192. The Morgan fingerprint density at radius 1 is 1.18 bits per heavy atom. The maximum absolute atomic E-state index is 13.2. The molecule has 6 heterocycles. The number of nitrogens with one attached hydrogen (secondary N) is 1. The van der Waals surface area contributed by atoms with Gasteiger partial charge in [0, 0.05) is 25.1 Å². The zero-order valence-electron chi connectivity index (χ0n) is 21.0. The Balaban J connectivity index is 1.39. The van der Waals surface area contributed by atoms with Crippen molar-refractivity contribution in [1.29, 1.82) is 0 Å². The molecule has 7 rings (SSSR count). The highest BCUT2D eigenvalue weighted by Gasteiger charge is 2.51. The van der Waals surface area contributed by atoms with Crippen LogP contribution in [0.15, 0.2) is 42.9 Å². The normalized spacial score (nSPS) is 19.9. The number of hydrogen-bond donors (Lipinski definition) is 2. The lowest BCUT2D eigenvalue weighted by atomic mass is 10.0. The SMILES string of the molecule is CC#CC(=O)N1CCC[C@H]1c1nc(-c2c3cc(C(=O)Nc4ccccn4)c4c2OP(=O)(O3)O4)c2c(N)nccn12. The van der Waals surface area contributed by atoms with E-state index in [2.05, 4.69) is 27.1 Å². The zero-order valence-corrected chi connectivity index (χ0v) is 21.8. The summed E-state index contributed by atoms with van der Waals surface area (Å²) >= 11 is 0. The Kier molecular flexibility index (Phi) is 5.23. The van der Waals surface area contributed by atoms with Gasteiger partial charge in [-0.05, 0) is 43.9 Å². The summed E-state index contributed by atoms with van der Waals surface area (Å²) in [5.41, 5.74) is 7.44. The van der Waals surface area contributed by atoms with Gasteiger partial charge in [-0.2, -0.15) is 4.57 Å². The standard InChI is InChI=1S/C26H20N7O6P/c1-2-6-18(34)32-11-5-7-15(32)25-31-20(21-24(27)29-10-12-33(21)25)19-16-13-14(22-23(19)39-40(36,37-16)38-22)26(35)30-17-8-3-4-9-28-17/h3-4,8-10,12-13,15H,5,7,11H2,1H3,(H2,27,29)(H,28,30,35)/t15-,40?/m0/s1. The van der Waals surface area contributed by atoms with Crippen molar-refractivity contribution in [1.82, 2.24) is 24.3 Å². The number of nitrogen functional groups attached to an aromatic ring is 1. The fourth-order valence-corrected chi connectivity index (χ4v) is 6.53. The van der Waals surface area contributed by atoms with E-state index in [1.807, 2.05) is 0 Å². The number of nitrogens with zero attached hydrogens (tertiary/aromatic N) is 5. The predicted molar refractivity (Wildman–Crippen MR) is 142 cm³/mol. The molecule has 3 aliphatic rings. The van der Waals surface area contributed by atoms with Gasteiger partial charge in [0.25, 0.3) is 11.8 Å². The van der Waals surface area contributed by atoms with Crippen molar-refractivity contribution in [3.05, 3.63) is 54.2 Å². The van der Waals surface area contributed by atoms with Crippen molar-refractivity contribution in [3.8, 4) is 40.3 Å². The van der Waals surface area contributed by atoms with Gasteiger partial charge in [0.05, 0.1) is 17.2 Å². The minimum Gasteiger partial charge on any atom is -0.385 e. The lowest BCUT2D eigenvalue weighted by molar-refractivity contribution is -0.126. The zero-order chi connectivity index (χ0) is 27.6. The number of carbonyl (C=O) groups is 2. The molecule has 14 heteroatoms. The van der Waals surface area contributed by atoms with Crippen LogP contribution in [0.4, 0.5) is 11.6 Å². The molecule has 3 aliphatic heterocycles. The van der Waals surface area contributed by atoms with E-state index in [1.165, 1.54) is 18.5 Å². The quantitative estimate of drug-likeness (QED) is 0.280. The van der Waals surface area contributed by atoms with Crippen molar-refractivity contribution >= 4 is 36.8 Å². The third-order valence-electron chi connectivity index (χ3n) is 6.86.